The number of fused-ring (bicyclic) bond motifs is 1. The molecule has 1 heterocycles. The molecule has 0 aromatic heterocycles. The summed E-state index contributed by atoms with van der Waals surface area (Å²) < 4.78 is 4.79. The third-order valence-corrected chi connectivity index (χ3v) is 5.68. The zero-order valence-corrected chi connectivity index (χ0v) is 19.5. The monoisotopic (exact) mass is 470 g/mol. The third kappa shape index (κ3) is 4.92. The second kappa shape index (κ2) is 10.2. The van der Waals surface area contributed by atoms with Crippen LogP contribution in [0.1, 0.15) is 28.4 Å². The topological polar surface area (TPSA) is 114 Å². The summed E-state index contributed by atoms with van der Waals surface area (Å²) in [5, 5.41) is 6.24. The summed E-state index contributed by atoms with van der Waals surface area (Å²) in [7, 11) is 1.31. The van der Waals surface area contributed by atoms with Crippen LogP contribution >= 0.6 is 0 Å². The fraction of sp³-hybridized carbons (Fsp3) is 0.148. The quantitative estimate of drug-likeness (QED) is 0.358. The number of methoxy groups -OCH3 is 1. The first-order chi connectivity index (χ1) is 16.9. The number of rotatable bonds is 7. The lowest BCUT2D eigenvalue weighted by Gasteiger charge is -2.21. The highest BCUT2D eigenvalue weighted by Gasteiger charge is 2.29. The van der Waals surface area contributed by atoms with E-state index in [0.29, 0.717) is 41.2 Å². The molecule has 0 spiro atoms. The highest BCUT2D eigenvalue weighted by molar-refractivity contribution is 6.37. The SMILES string of the molecule is COC(=O)c1ccc2c(c1)NC(=O)/C2=C(/Nc1ccc(N(CCN)C(C)=O)cc1)c1ccccc1. The average molecular weight is 471 g/mol. The van der Waals surface area contributed by atoms with Crippen LogP contribution < -0.4 is 21.3 Å². The second-order valence-electron chi connectivity index (χ2n) is 7.95. The zero-order chi connectivity index (χ0) is 24.9. The molecule has 0 aliphatic carbocycles. The third-order valence-electron chi connectivity index (χ3n) is 5.68. The highest BCUT2D eigenvalue weighted by Crippen LogP contribution is 2.38. The first-order valence-corrected chi connectivity index (χ1v) is 11.1. The van der Waals surface area contributed by atoms with Crippen molar-refractivity contribution < 1.29 is 19.1 Å². The van der Waals surface area contributed by atoms with Crippen LogP contribution in [0.3, 0.4) is 0 Å². The first kappa shape index (κ1) is 23.7. The van der Waals surface area contributed by atoms with Crippen molar-refractivity contribution in [1.82, 2.24) is 0 Å². The Bertz CT molecular complexity index is 1300. The van der Waals surface area contributed by atoms with Gasteiger partial charge in [0.25, 0.3) is 5.91 Å². The number of benzene rings is 3. The number of carbonyl (C=O) groups excluding carboxylic acids is 3. The number of nitrogens with one attached hydrogen (secondary N) is 2. The maximum absolute atomic E-state index is 13.1. The number of hydrogen-bond donors (Lipinski definition) is 3. The van der Waals surface area contributed by atoms with Crippen molar-refractivity contribution in [2.45, 2.75) is 6.92 Å². The minimum Gasteiger partial charge on any atom is -0.465 e. The lowest BCUT2D eigenvalue weighted by Crippen LogP contribution is -2.33. The van der Waals surface area contributed by atoms with E-state index >= 15 is 0 Å². The normalized spacial score (nSPS) is 13.5. The highest BCUT2D eigenvalue weighted by atomic mass is 16.5. The van der Waals surface area contributed by atoms with Gasteiger partial charge in [-0.2, -0.15) is 0 Å². The van der Waals surface area contributed by atoms with Gasteiger partial charge in [-0.15, -0.1) is 0 Å². The summed E-state index contributed by atoms with van der Waals surface area (Å²) in [5.41, 5.74) is 10.6. The van der Waals surface area contributed by atoms with E-state index in [9.17, 15) is 14.4 Å². The minimum atomic E-state index is -0.477. The number of hydrogen-bond acceptors (Lipinski definition) is 6. The Morgan fingerprint density at radius 2 is 1.71 bits per heavy atom. The zero-order valence-electron chi connectivity index (χ0n) is 19.5. The average Bonchev–Trinajstić information content (AvgIpc) is 3.20. The van der Waals surface area contributed by atoms with E-state index in [4.69, 9.17) is 10.5 Å². The lowest BCUT2D eigenvalue weighted by molar-refractivity contribution is -0.116. The summed E-state index contributed by atoms with van der Waals surface area (Å²) in [4.78, 5) is 38.6. The van der Waals surface area contributed by atoms with Gasteiger partial charge in [0.2, 0.25) is 5.91 Å². The van der Waals surface area contributed by atoms with Gasteiger partial charge in [-0.1, -0.05) is 36.4 Å². The largest absolute Gasteiger partial charge is 0.465 e. The van der Waals surface area contributed by atoms with Gasteiger partial charge in [0.15, 0.2) is 0 Å². The summed E-state index contributed by atoms with van der Waals surface area (Å²) in [6.07, 6.45) is 0. The van der Waals surface area contributed by atoms with Crippen LogP contribution in [-0.4, -0.2) is 38.0 Å². The molecule has 8 heteroatoms. The lowest BCUT2D eigenvalue weighted by atomic mass is 9.99. The predicted octanol–water partition coefficient (Wildman–Crippen LogP) is 3.72. The molecule has 1 aliphatic heterocycles. The Kier molecular flexibility index (Phi) is 6.93. The molecule has 178 valence electrons. The van der Waals surface area contributed by atoms with E-state index in [1.165, 1.54) is 14.0 Å². The Labute approximate surface area is 203 Å². The summed E-state index contributed by atoms with van der Waals surface area (Å²) in [6.45, 7) is 2.28. The Hall–Kier alpha value is -4.43. The van der Waals surface area contributed by atoms with Crippen molar-refractivity contribution in [3.63, 3.8) is 0 Å². The molecule has 0 unspecified atom stereocenters. The van der Waals surface area contributed by atoms with Gasteiger partial charge >= 0.3 is 5.97 Å². The molecule has 1 aliphatic rings. The molecule has 0 atom stereocenters. The fourth-order valence-electron chi connectivity index (χ4n) is 4.02. The van der Waals surface area contributed by atoms with Crippen molar-refractivity contribution >= 4 is 46.1 Å². The maximum Gasteiger partial charge on any atom is 0.337 e. The molecule has 3 aromatic rings. The number of esters is 1. The van der Waals surface area contributed by atoms with Crippen LogP contribution in [0.15, 0.2) is 72.8 Å². The molecular formula is C27H26N4O4. The van der Waals surface area contributed by atoms with Gasteiger partial charge in [-0.05, 0) is 42.0 Å². The van der Waals surface area contributed by atoms with Crippen LogP contribution in [-0.2, 0) is 14.3 Å². The van der Waals surface area contributed by atoms with Crippen LogP contribution in [0, 0.1) is 0 Å². The molecule has 0 bridgehead atoms. The molecule has 0 fully saturated rings. The van der Waals surface area contributed by atoms with Crippen LogP contribution in [0.5, 0.6) is 0 Å². The van der Waals surface area contributed by atoms with Gasteiger partial charge in [0, 0.05) is 37.0 Å². The summed E-state index contributed by atoms with van der Waals surface area (Å²) in [5.74, 6) is -0.847. The number of carbonyl (C=O) groups is 3. The molecular weight excluding hydrogens is 444 g/mol. The van der Waals surface area contributed by atoms with Gasteiger partial charge in [-0.25, -0.2) is 4.79 Å². The van der Waals surface area contributed by atoms with E-state index in [1.807, 2.05) is 54.6 Å². The van der Waals surface area contributed by atoms with E-state index in [1.54, 1.807) is 23.1 Å². The first-order valence-electron chi connectivity index (χ1n) is 11.1. The molecule has 0 radical (unpaired) electrons. The van der Waals surface area contributed by atoms with Gasteiger partial charge < -0.3 is 26.0 Å². The Balaban J connectivity index is 1.76. The van der Waals surface area contributed by atoms with Crippen molar-refractivity contribution in [3.05, 3.63) is 89.5 Å². The number of amides is 2. The number of nitrogens with zero attached hydrogens (tertiary/aromatic N) is 1. The molecule has 0 saturated carbocycles. The smallest absolute Gasteiger partial charge is 0.337 e. The number of nitrogens with two attached hydrogens (primary N) is 1. The van der Waals surface area contributed by atoms with Gasteiger partial charge in [0.1, 0.15) is 0 Å². The van der Waals surface area contributed by atoms with Crippen LogP contribution in [0.2, 0.25) is 0 Å². The second-order valence-corrected chi connectivity index (χ2v) is 7.95. The molecule has 3 aromatic carbocycles. The van der Waals surface area contributed by atoms with Crippen molar-refractivity contribution in [2.75, 3.05) is 35.7 Å². The van der Waals surface area contributed by atoms with E-state index in [2.05, 4.69) is 10.6 Å². The van der Waals surface area contributed by atoms with Crippen molar-refractivity contribution in [3.8, 4) is 0 Å². The molecule has 4 N–H and O–H groups in total. The molecule has 2 amide bonds. The summed E-state index contributed by atoms with van der Waals surface area (Å²) in [6, 6.07) is 21.9. The molecule has 8 nitrogen and oxygen atoms in total. The Morgan fingerprint density at radius 3 is 2.34 bits per heavy atom. The van der Waals surface area contributed by atoms with Gasteiger partial charge in [-0.3, -0.25) is 9.59 Å². The van der Waals surface area contributed by atoms with Crippen molar-refractivity contribution in [1.29, 1.82) is 0 Å². The Morgan fingerprint density at radius 1 is 1.00 bits per heavy atom. The minimum absolute atomic E-state index is 0.0891. The van der Waals surface area contributed by atoms with Crippen LogP contribution in [0.25, 0.3) is 11.3 Å². The number of anilines is 3. The van der Waals surface area contributed by atoms with Crippen molar-refractivity contribution in [2.24, 2.45) is 5.73 Å². The van der Waals surface area contributed by atoms with Crippen LogP contribution in [0.4, 0.5) is 17.1 Å². The maximum atomic E-state index is 13.1. The van der Waals surface area contributed by atoms with E-state index in [0.717, 1.165) is 16.9 Å². The summed E-state index contributed by atoms with van der Waals surface area (Å²) >= 11 is 0. The molecule has 0 saturated heterocycles. The van der Waals surface area contributed by atoms with Gasteiger partial charge in [0.05, 0.1) is 29.6 Å². The van der Waals surface area contributed by atoms with E-state index in [-0.39, 0.29) is 11.8 Å². The number of ether oxygens (including phenoxy) is 1. The van der Waals surface area contributed by atoms with E-state index < -0.39 is 5.97 Å². The standard InChI is InChI=1S/C27H26N4O4/c1-17(32)31(15-14-28)21-11-9-20(10-12-21)29-25(18-6-4-3-5-7-18)24-22-13-8-19(27(34)35-2)16-23(22)30-26(24)33/h3-13,16,29H,14-15,28H2,1-2H3,(H,30,33)/b25-24+. The fourth-order valence-corrected chi connectivity index (χ4v) is 4.02. The molecule has 35 heavy (non-hydrogen) atoms. The molecule has 4 rings (SSSR count). The predicted molar refractivity (Wildman–Crippen MR) is 137 cm³/mol.